The average Bonchev–Trinajstić information content (AvgIpc) is 3.47. The van der Waals surface area contributed by atoms with Crippen LogP contribution in [0.3, 0.4) is 0 Å². The zero-order valence-corrected chi connectivity index (χ0v) is 53.2. The molecule has 82 heavy (non-hydrogen) atoms. The van der Waals surface area contributed by atoms with Gasteiger partial charge in [0.05, 0.1) is 0 Å². The highest BCUT2D eigenvalue weighted by atomic mass is 16.6. The van der Waals surface area contributed by atoms with E-state index in [1.165, 1.54) is 122 Å². The van der Waals surface area contributed by atoms with Gasteiger partial charge in [-0.2, -0.15) is 0 Å². The number of allylic oxidation sites excluding steroid dienone is 24. The molecule has 1 atom stereocenters. The van der Waals surface area contributed by atoms with E-state index in [2.05, 4.69) is 167 Å². The summed E-state index contributed by atoms with van der Waals surface area (Å²) >= 11 is 0. The lowest BCUT2D eigenvalue weighted by Gasteiger charge is -2.18. The minimum absolute atomic E-state index is 0.116. The highest BCUT2D eigenvalue weighted by molar-refractivity contribution is 5.71. The van der Waals surface area contributed by atoms with Crippen LogP contribution in [0.5, 0.6) is 0 Å². The first-order chi connectivity index (χ1) is 40.5. The van der Waals surface area contributed by atoms with Crippen molar-refractivity contribution in [2.24, 2.45) is 0 Å². The lowest BCUT2D eigenvalue weighted by Crippen LogP contribution is -2.30. The molecule has 0 aromatic carbocycles. The Bertz CT molecular complexity index is 1780. The Hall–Kier alpha value is -4.71. The Kier molecular flexibility index (Phi) is 64.8. The molecule has 0 saturated heterocycles. The van der Waals surface area contributed by atoms with Crippen molar-refractivity contribution in [1.29, 1.82) is 0 Å². The van der Waals surface area contributed by atoms with E-state index < -0.39 is 6.10 Å². The van der Waals surface area contributed by atoms with E-state index in [1.54, 1.807) is 0 Å². The van der Waals surface area contributed by atoms with Gasteiger partial charge in [0.15, 0.2) is 6.10 Å². The summed E-state index contributed by atoms with van der Waals surface area (Å²) in [6.07, 6.45) is 98.7. The highest BCUT2D eigenvalue weighted by Crippen LogP contribution is 2.17. The molecule has 0 bridgehead atoms. The number of esters is 3. The molecule has 6 heteroatoms. The normalized spacial score (nSPS) is 13.1. The molecule has 0 aromatic rings. The number of ether oxygens (including phenoxy) is 3. The van der Waals surface area contributed by atoms with Crippen molar-refractivity contribution in [3.8, 4) is 0 Å². The van der Waals surface area contributed by atoms with Crippen LogP contribution in [0.4, 0.5) is 0 Å². The van der Waals surface area contributed by atoms with Crippen LogP contribution in [0.2, 0.25) is 0 Å². The molecule has 0 radical (unpaired) electrons. The summed E-state index contributed by atoms with van der Waals surface area (Å²) in [5.74, 6) is -0.992. The van der Waals surface area contributed by atoms with E-state index in [4.69, 9.17) is 14.2 Å². The summed E-state index contributed by atoms with van der Waals surface area (Å²) < 4.78 is 16.9. The molecule has 0 N–H and O–H groups in total. The molecule has 0 aromatic heterocycles. The molecule has 0 rings (SSSR count). The van der Waals surface area contributed by atoms with Crippen LogP contribution in [0.15, 0.2) is 146 Å². The third-order valence-electron chi connectivity index (χ3n) is 14.1. The van der Waals surface area contributed by atoms with Crippen molar-refractivity contribution in [2.75, 3.05) is 13.2 Å². The van der Waals surface area contributed by atoms with Crippen molar-refractivity contribution in [3.05, 3.63) is 146 Å². The second kappa shape index (κ2) is 68.8. The molecular weight excluding hydrogens is 1010 g/mol. The molecule has 0 aliphatic carbocycles. The van der Waals surface area contributed by atoms with Gasteiger partial charge in [0.25, 0.3) is 0 Å². The van der Waals surface area contributed by atoms with Crippen molar-refractivity contribution < 1.29 is 28.6 Å². The van der Waals surface area contributed by atoms with Crippen LogP contribution >= 0.6 is 0 Å². The quantitative estimate of drug-likeness (QED) is 0.0261. The molecule has 1 unspecified atom stereocenters. The lowest BCUT2D eigenvalue weighted by molar-refractivity contribution is -0.167. The van der Waals surface area contributed by atoms with Gasteiger partial charge < -0.3 is 14.2 Å². The maximum absolute atomic E-state index is 12.9. The Morgan fingerprint density at radius 3 is 0.744 bits per heavy atom. The number of rotatable bonds is 60. The lowest BCUT2D eigenvalue weighted by atomic mass is 10.0. The predicted octanol–water partition coefficient (Wildman–Crippen LogP) is 23.5. The minimum Gasteiger partial charge on any atom is -0.462 e. The van der Waals surface area contributed by atoms with E-state index in [0.29, 0.717) is 32.1 Å². The van der Waals surface area contributed by atoms with Crippen molar-refractivity contribution in [1.82, 2.24) is 0 Å². The summed E-state index contributed by atoms with van der Waals surface area (Å²) in [6, 6.07) is 0. The summed E-state index contributed by atoms with van der Waals surface area (Å²) in [5.41, 5.74) is 0. The highest BCUT2D eigenvalue weighted by Gasteiger charge is 2.19. The molecule has 0 amide bonds. The van der Waals surface area contributed by atoms with Gasteiger partial charge in [0.1, 0.15) is 13.2 Å². The first kappa shape index (κ1) is 77.3. The van der Waals surface area contributed by atoms with E-state index >= 15 is 0 Å². The van der Waals surface area contributed by atoms with Gasteiger partial charge in [-0.3, -0.25) is 14.4 Å². The molecule has 0 fully saturated rings. The van der Waals surface area contributed by atoms with Crippen molar-refractivity contribution in [2.45, 2.75) is 303 Å². The van der Waals surface area contributed by atoms with E-state index in [1.807, 2.05) is 0 Å². The van der Waals surface area contributed by atoms with Crippen LogP contribution in [-0.4, -0.2) is 37.2 Å². The molecule has 0 aliphatic rings. The zero-order chi connectivity index (χ0) is 59.2. The Morgan fingerprint density at radius 2 is 0.476 bits per heavy atom. The summed E-state index contributed by atoms with van der Waals surface area (Å²) in [4.78, 5) is 38.4. The van der Waals surface area contributed by atoms with Crippen LogP contribution < -0.4 is 0 Å². The number of hydrogen-bond donors (Lipinski definition) is 0. The van der Waals surface area contributed by atoms with Crippen molar-refractivity contribution >= 4 is 17.9 Å². The second-order valence-corrected chi connectivity index (χ2v) is 22.0. The van der Waals surface area contributed by atoms with Gasteiger partial charge in [0, 0.05) is 19.3 Å². The van der Waals surface area contributed by atoms with Crippen molar-refractivity contribution in [3.63, 3.8) is 0 Å². The van der Waals surface area contributed by atoms with Gasteiger partial charge in [-0.25, -0.2) is 0 Å². The Balaban J connectivity index is 4.47. The average molecular weight is 1130 g/mol. The van der Waals surface area contributed by atoms with Gasteiger partial charge in [-0.1, -0.05) is 301 Å². The molecule has 464 valence electrons. The monoisotopic (exact) mass is 1130 g/mol. The van der Waals surface area contributed by atoms with Gasteiger partial charge >= 0.3 is 17.9 Å². The standard InChI is InChI=1S/C76H124O6/c1-4-7-10-13-16-19-22-25-28-30-32-34-36-37-38-39-40-42-43-45-48-51-54-57-60-63-66-69-75(78)81-72-73(71-80-74(77)68-65-62-59-56-53-50-47-27-24-21-18-15-12-9-6-3)82-76(79)70-67-64-61-58-55-52-49-46-44-41-35-33-31-29-26-23-20-17-14-11-8-5-2/h7,9-10,12,16,18-19,21,25,27-28,32,34,37-38,40,42,45,47-48,53-54,56-57,73H,4-6,8,11,13-15,17,20,22-24,26,29-31,33,35-36,39,41,43-44,46,49-52,55,58-72H2,1-3H3/b10-7-,12-9-,19-16-,21-18-,28-25-,34-32-,38-37-,42-40-,47-27-,48-45-,56-53-,57-54-. The number of hydrogen-bond acceptors (Lipinski definition) is 6. The molecular formula is C76H124O6. The molecule has 0 heterocycles. The third-order valence-corrected chi connectivity index (χ3v) is 14.1. The van der Waals surface area contributed by atoms with Gasteiger partial charge in [-0.05, 0) is 122 Å². The zero-order valence-electron chi connectivity index (χ0n) is 53.2. The largest absolute Gasteiger partial charge is 0.462 e. The van der Waals surface area contributed by atoms with E-state index in [9.17, 15) is 14.4 Å². The third kappa shape index (κ3) is 66.1. The predicted molar refractivity (Wildman–Crippen MR) is 357 cm³/mol. The molecule has 0 saturated carbocycles. The number of unbranched alkanes of at least 4 members (excludes halogenated alkanes) is 25. The Morgan fingerprint density at radius 1 is 0.256 bits per heavy atom. The van der Waals surface area contributed by atoms with E-state index in [-0.39, 0.29) is 31.1 Å². The Labute approximate surface area is 506 Å². The van der Waals surface area contributed by atoms with Crippen LogP contribution in [0.1, 0.15) is 297 Å². The first-order valence-corrected chi connectivity index (χ1v) is 33.8. The maximum atomic E-state index is 12.9. The SMILES string of the molecule is CC/C=C\C/C=C\C/C=C\C/C=C\C/C=C\C/C=C\C/C=C\C/C=C\CCCCC(=O)OCC(COC(=O)CCCC/C=C\C/C=C\C/C=C\C/C=C\CC)OC(=O)CCCCCCCCCCCCCCCCCCCCCCCC. The fourth-order valence-corrected chi connectivity index (χ4v) is 9.10. The van der Waals surface area contributed by atoms with E-state index in [0.717, 1.165) is 122 Å². The van der Waals surface area contributed by atoms with Crippen LogP contribution in [-0.2, 0) is 28.6 Å². The number of carbonyl (C=O) groups excluding carboxylic acids is 3. The smallest absolute Gasteiger partial charge is 0.306 e. The first-order valence-electron chi connectivity index (χ1n) is 33.8. The topological polar surface area (TPSA) is 78.9 Å². The van der Waals surface area contributed by atoms with Gasteiger partial charge in [0.2, 0.25) is 0 Å². The number of carbonyl (C=O) groups is 3. The van der Waals surface area contributed by atoms with Crippen LogP contribution in [0, 0.1) is 0 Å². The molecule has 6 nitrogen and oxygen atoms in total. The summed E-state index contributed by atoms with van der Waals surface area (Å²) in [7, 11) is 0. The second-order valence-electron chi connectivity index (χ2n) is 22.0. The molecule has 0 spiro atoms. The maximum Gasteiger partial charge on any atom is 0.306 e. The fourth-order valence-electron chi connectivity index (χ4n) is 9.10. The van der Waals surface area contributed by atoms with Gasteiger partial charge in [-0.15, -0.1) is 0 Å². The molecule has 0 aliphatic heterocycles. The minimum atomic E-state index is -0.820. The van der Waals surface area contributed by atoms with Crippen LogP contribution in [0.25, 0.3) is 0 Å². The summed E-state index contributed by atoms with van der Waals surface area (Å²) in [6.45, 7) is 6.36. The summed E-state index contributed by atoms with van der Waals surface area (Å²) in [5, 5.41) is 0. The fraction of sp³-hybridized carbons (Fsp3) is 0.645.